The van der Waals surface area contributed by atoms with Crippen LogP contribution in [0.1, 0.15) is 0 Å². The minimum Gasteiger partial charge on any atom is -0.285 e. The molecule has 0 aliphatic carbocycles. The first-order valence-electron chi connectivity index (χ1n) is 4.21. The third kappa shape index (κ3) is 4.27. The van der Waals surface area contributed by atoms with E-state index in [9.17, 15) is 16.8 Å². The highest BCUT2D eigenvalue weighted by Crippen LogP contribution is 2.10. The summed E-state index contributed by atoms with van der Waals surface area (Å²) in [6.45, 7) is -0.615. The molecule has 0 spiro atoms. The molecule has 0 aromatic heterocycles. The molecule has 0 unspecified atom stereocenters. The van der Waals surface area contributed by atoms with Crippen molar-refractivity contribution in [3.05, 3.63) is 30.3 Å². The summed E-state index contributed by atoms with van der Waals surface area (Å²) in [5, 5.41) is 0. The molecule has 0 aliphatic rings. The Morgan fingerprint density at radius 3 is 2.12 bits per heavy atom. The molecular weight excluding hydrogens is 256 g/mol. The van der Waals surface area contributed by atoms with Crippen LogP contribution in [0.25, 0.3) is 0 Å². The molecule has 0 heterocycles. The Bertz CT molecular complexity index is 531. The highest BCUT2D eigenvalue weighted by atomic mass is 32.2. The molecule has 1 N–H and O–H groups in total. The van der Waals surface area contributed by atoms with Gasteiger partial charge >= 0.3 is 0 Å². The average Bonchev–Trinajstić information content (AvgIpc) is 2.17. The van der Waals surface area contributed by atoms with Crippen LogP contribution in [0.2, 0.25) is 0 Å². The van der Waals surface area contributed by atoms with Gasteiger partial charge in [0.05, 0.1) is 11.5 Å². The molecule has 1 aromatic rings. The molecule has 1 rings (SSSR count). The van der Waals surface area contributed by atoms with Crippen molar-refractivity contribution in [1.82, 2.24) is 0 Å². The summed E-state index contributed by atoms with van der Waals surface area (Å²) < 4.78 is 56.3. The topological polar surface area (TPSA) is 97.7 Å². The van der Waals surface area contributed by atoms with Gasteiger partial charge in [-0.3, -0.25) is 8.74 Å². The number of hydrogen-bond donors (Lipinski definition) is 1. The van der Waals surface area contributed by atoms with E-state index in [2.05, 4.69) is 4.18 Å². The molecule has 90 valence electrons. The summed E-state index contributed by atoms with van der Waals surface area (Å²) in [5.74, 6) is -0.765. The largest absolute Gasteiger partial charge is 0.297 e. The van der Waals surface area contributed by atoms with E-state index in [1.54, 1.807) is 6.07 Å². The predicted molar refractivity (Wildman–Crippen MR) is 56.0 cm³/mol. The lowest BCUT2D eigenvalue weighted by Gasteiger charge is -2.03. The standard InChI is InChI=1S/C8H10O6S2/c9-15(10,11)7-6-14-16(12,13)8-4-2-1-3-5-8/h1-5H,6-7H2,(H,9,10,11). The first kappa shape index (κ1) is 13.1. The monoisotopic (exact) mass is 266 g/mol. The van der Waals surface area contributed by atoms with Crippen molar-refractivity contribution in [3.63, 3.8) is 0 Å². The molecule has 0 atom stereocenters. The van der Waals surface area contributed by atoms with E-state index in [-0.39, 0.29) is 4.90 Å². The van der Waals surface area contributed by atoms with Gasteiger partial charge in [-0.05, 0) is 12.1 Å². The van der Waals surface area contributed by atoms with E-state index in [0.29, 0.717) is 0 Å². The van der Waals surface area contributed by atoms with Crippen LogP contribution in [0, 0.1) is 0 Å². The smallest absolute Gasteiger partial charge is 0.285 e. The van der Waals surface area contributed by atoms with Crippen molar-refractivity contribution in [1.29, 1.82) is 0 Å². The second kappa shape index (κ2) is 4.91. The van der Waals surface area contributed by atoms with Crippen LogP contribution in [0.15, 0.2) is 35.2 Å². The van der Waals surface area contributed by atoms with E-state index < -0.39 is 32.6 Å². The van der Waals surface area contributed by atoms with Gasteiger partial charge < -0.3 is 0 Å². The van der Waals surface area contributed by atoms with Crippen LogP contribution >= 0.6 is 0 Å². The molecule has 16 heavy (non-hydrogen) atoms. The first-order chi connectivity index (χ1) is 7.31. The Labute approximate surface area is 93.7 Å². The minimum absolute atomic E-state index is 0.0645. The quantitative estimate of drug-likeness (QED) is 0.607. The SMILES string of the molecule is O=S(=O)(O)CCOS(=O)(=O)c1ccccc1. The summed E-state index contributed by atoms with van der Waals surface area (Å²) >= 11 is 0. The summed E-state index contributed by atoms with van der Waals surface area (Å²) in [4.78, 5) is -0.0645. The Morgan fingerprint density at radius 1 is 1.06 bits per heavy atom. The fraction of sp³-hybridized carbons (Fsp3) is 0.250. The van der Waals surface area contributed by atoms with Crippen molar-refractivity contribution >= 4 is 20.2 Å². The summed E-state index contributed by atoms with van der Waals surface area (Å²) in [6, 6.07) is 7.31. The molecule has 0 fully saturated rings. The van der Waals surface area contributed by atoms with E-state index in [4.69, 9.17) is 4.55 Å². The maximum Gasteiger partial charge on any atom is 0.297 e. The van der Waals surface area contributed by atoms with Gasteiger partial charge in [-0.1, -0.05) is 18.2 Å². The molecule has 1 aromatic carbocycles. The Morgan fingerprint density at radius 2 is 1.62 bits per heavy atom. The average molecular weight is 266 g/mol. The van der Waals surface area contributed by atoms with Crippen molar-refractivity contribution in [2.75, 3.05) is 12.4 Å². The molecule has 8 heteroatoms. The zero-order valence-corrected chi connectivity index (χ0v) is 9.74. The van der Waals surface area contributed by atoms with Gasteiger partial charge in [-0.25, -0.2) is 0 Å². The third-order valence-corrected chi connectivity index (χ3v) is 3.62. The molecule has 0 aliphatic heterocycles. The zero-order chi connectivity index (χ0) is 12.2. The van der Waals surface area contributed by atoms with Crippen LogP contribution in [0.5, 0.6) is 0 Å². The van der Waals surface area contributed by atoms with Crippen LogP contribution in [-0.4, -0.2) is 33.7 Å². The predicted octanol–water partition coefficient (Wildman–Crippen LogP) is 0.280. The lowest BCUT2D eigenvalue weighted by Crippen LogP contribution is -2.15. The van der Waals surface area contributed by atoms with Crippen LogP contribution in [0.3, 0.4) is 0 Å². The normalized spacial score (nSPS) is 12.6. The Hall–Kier alpha value is -0.960. The second-order valence-electron chi connectivity index (χ2n) is 2.88. The molecule has 0 bridgehead atoms. The molecule has 0 saturated heterocycles. The second-order valence-corrected chi connectivity index (χ2v) is 6.06. The Balaban J connectivity index is 2.68. The van der Waals surface area contributed by atoms with Gasteiger partial charge in [0.15, 0.2) is 0 Å². The maximum atomic E-state index is 11.4. The van der Waals surface area contributed by atoms with Gasteiger partial charge in [-0.2, -0.15) is 16.8 Å². The van der Waals surface area contributed by atoms with Crippen molar-refractivity contribution in [2.24, 2.45) is 0 Å². The number of benzene rings is 1. The van der Waals surface area contributed by atoms with Crippen molar-refractivity contribution in [3.8, 4) is 0 Å². The fourth-order valence-corrected chi connectivity index (χ4v) is 2.23. The van der Waals surface area contributed by atoms with Crippen LogP contribution < -0.4 is 0 Å². The molecule has 0 amide bonds. The third-order valence-electron chi connectivity index (χ3n) is 1.61. The molecule has 6 nitrogen and oxygen atoms in total. The maximum absolute atomic E-state index is 11.4. The molecule has 0 saturated carbocycles. The van der Waals surface area contributed by atoms with Crippen LogP contribution in [0.4, 0.5) is 0 Å². The Kier molecular flexibility index (Phi) is 4.03. The first-order valence-corrected chi connectivity index (χ1v) is 7.23. The summed E-state index contributed by atoms with van der Waals surface area (Å²) in [5.41, 5.74) is 0. The van der Waals surface area contributed by atoms with E-state index >= 15 is 0 Å². The molecular formula is C8H10O6S2. The van der Waals surface area contributed by atoms with Gasteiger partial charge in [-0.15, -0.1) is 0 Å². The minimum atomic E-state index is -4.22. The van der Waals surface area contributed by atoms with Gasteiger partial charge in [0, 0.05) is 0 Å². The lowest BCUT2D eigenvalue weighted by molar-refractivity contribution is 0.334. The van der Waals surface area contributed by atoms with E-state index in [1.165, 1.54) is 24.3 Å². The summed E-state index contributed by atoms with van der Waals surface area (Å²) in [6.07, 6.45) is 0. The van der Waals surface area contributed by atoms with Gasteiger partial charge in [0.2, 0.25) is 0 Å². The van der Waals surface area contributed by atoms with Gasteiger partial charge in [0.1, 0.15) is 5.75 Å². The van der Waals surface area contributed by atoms with Crippen molar-refractivity contribution < 1.29 is 25.6 Å². The number of rotatable bonds is 5. The highest BCUT2D eigenvalue weighted by molar-refractivity contribution is 7.87. The summed E-state index contributed by atoms with van der Waals surface area (Å²) in [7, 11) is -8.18. The van der Waals surface area contributed by atoms with E-state index in [0.717, 1.165) is 0 Å². The fourth-order valence-electron chi connectivity index (χ4n) is 0.904. The van der Waals surface area contributed by atoms with Crippen molar-refractivity contribution in [2.45, 2.75) is 4.90 Å². The number of hydrogen-bond acceptors (Lipinski definition) is 5. The highest BCUT2D eigenvalue weighted by Gasteiger charge is 2.15. The molecule has 0 radical (unpaired) electrons. The zero-order valence-electron chi connectivity index (χ0n) is 8.11. The van der Waals surface area contributed by atoms with Crippen LogP contribution in [-0.2, 0) is 24.4 Å². The van der Waals surface area contributed by atoms with Gasteiger partial charge in [0.25, 0.3) is 20.2 Å². The van der Waals surface area contributed by atoms with E-state index in [1.807, 2.05) is 0 Å². The lowest BCUT2D eigenvalue weighted by atomic mass is 10.4.